The van der Waals surface area contributed by atoms with Gasteiger partial charge in [-0.05, 0) is 24.5 Å². The molecule has 1 aliphatic heterocycles. The number of likely N-dealkylation sites (tertiary alicyclic amines) is 1. The number of nitrogens with zero attached hydrogens (tertiary/aromatic N) is 2. The van der Waals surface area contributed by atoms with Gasteiger partial charge in [0.2, 0.25) is 11.8 Å². The Labute approximate surface area is 130 Å². The normalized spacial score (nSPS) is 20.9. The predicted molar refractivity (Wildman–Crippen MR) is 82.2 cm³/mol. The van der Waals surface area contributed by atoms with Crippen LogP contribution in [-0.4, -0.2) is 54.5 Å². The average molecular weight is 305 g/mol. The molecule has 1 N–H and O–H groups in total. The summed E-state index contributed by atoms with van der Waals surface area (Å²) in [7, 11) is 3.22. The van der Waals surface area contributed by atoms with E-state index in [2.05, 4.69) is 10.3 Å². The number of hydrogen-bond donors (Lipinski definition) is 1. The zero-order valence-electron chi connectivity index (χ0n) is 13.2. The summed E-state index contributed by atoms with van der Waals surface area (Å²) in [6.45, 7) is 1.04. The van der Waals surface area contributed by atoms with E-state index in [0.29, 0.717) is 19.6 Å². The molecule has 0 aromatic carbocycles. The van der Waals surface area contributed by atoms with Crippen LogP contribution in [0.5, 0.6) is 0 Å². The minimum absolute atomic E-state index is 0.0199. The SMILES string of the molecule is CNC(=O)C[C@]1(COC)CCCN1C(=O)Cc1cccnc1. The van der Waals surface area contributed by atoms with Crippen molar-refractivity contribution in [2.75, 3.05) is 27.3 Å². The molecule has 1 aromatic rings. The summed E-state index contributed by atoms with van der Waals surface area (Å²) in [6.07, 6.45) is 5.63. The molecule has 0 spiro atoms. The molecule has 2 rings (SSSR count). The maximum atomic E-state index is 12.7. The van der Waals surface area contributed by atoms with Crippen LogP contribution in [0.3, 0.4) is 0 Å². The van der Waals surface area contributed by atoms with Gasteiger partial charge in [-0.1, -0.05) is 6.07 Å². The predicted octanol–water partition coefficient (Wildman–Crippen LogP) is 0.768. The van der Waals surface area contributed by atoms with Crippen LogP contribution < -0.4 is 5.32 Å². The van der Waals surface area contributed by atoms with Gasteiger partial charge in [-0.25, -0.2) is 0 Å². The van der Waals surface area contributed by atoms with E-state index in [9.17, 15) is 9.59 Å². The Morgan fingerprint density at radius 2 is 2.32 bits per heavy atom. The molecule has 1 fully saturated rings. The van der Waals surface area contributed by atoms with Crippen molar-refractivity contribution in [3.63, 3.8) is 0 Å². The number of rotatable bonds is 6. The quantitative estimate of drug-likeness (QED) is 0.842. The first-order chi connectivity index (χ1) is 10.6. The Bertz CT molecular complexity index is 521. The van der Waals surface area contributed by atoms with Crippen molar-refractivity contribution in [1.82, 2.24) is 15.2 Å². The molecule has 6 nitrogen and oxygen atoms in total. The van der Waals surface area contributed by atoms with Crippen LogP contribution in [0.2, 0.25) is 0 Å². The van der Waals surface area contributed by atoms with Gasteiger partial charge in [-0.3, -0.25) is 14.6 Å². The van der Waals surface area contributed by atoms with Gasteiger partial charge >= 0.3 is 0 Å². The second-order valence-electron chi connectivity index (χ2n) is 5.69. The molecule has 0 saturated carbocycles. The summed E-state index contributed by atoms with van der Waals surface area (Å²) < 4.78 is 5.32. The summed E-state index contributed by atoms with van der Waals surface area (Å²) >= 11 is 0. The standard InChI is InChI=1S/C16H23N3O3/c1-17-14(20)10-16(12-22-2)6-4-8-19(16)15(21)9-13-5-3-7-18-11-13/h3,5,7,11H,4,6,8-10,12H2,1-2H3,(H,17,20)/t16-/m0/s1. The van der Waals surface area contributed by atoms with Crippen molar-refractivity contribution in [3.8, 4) is 0 Å². The highest BCUT2D eigenvalue weighted by atomic mass is 16.5. The van der Waals surface area contributed by atoms with Gasteiger partial charge in [-0.15, -0.1) is 0 Å². The van der Waals surface area contributed by atoms with E-state index in [0.717, 1.165) is 18.4 Å². The van der Waals surface area contributed by atoms with E-state index in [1.54, 1.807) is 26.6 Å². The summed E-state index contributed by atoms with van der Waals surface area (Å²) in [6, 6.07) is 3.71. The van der Waals surface area contributed by atoms with E-state index >= 15 is 0 Å². The van der Waals surface area contributed by atoms with Crippen molar-refractivity contribution in [1.29, 1.82) is 0 Å². The van der Waals surface area contributed by atoms with Crippen molar-refractivity contribution in [2.24, 2.45) is 0 Å². The van der Waals surface area contributed by atoms with Crippen LogP contribution in [0.15, 0.2) is 24.5 Å². The number of amides is 2. The number of nitrogens with one attached hydrogen (secondary N) is 1. The van der Waals surface area contributed by atoms with E-state index in [1.807, 2.05) is 17.0 Å². The third-order valence-corrected chi connectivity index (χ3v) is 4.16. The number of methoxy groups -OCH3 is 1. The highest BCUT2D eigenvalue weighted by Gasteiger charge is 2.44. The maximum Gasteiger partial charge on any atom is 0.227 e. The fraction of sp³-hybridized carbons (Fsp3) is 0.562. The molecule has 2 heterocycles. The van der Waals surface area contributed by atoms with Crippen molar-refractivity contribution < 1.29 is 14.3 Å². The van der Waals surface area contributed by atoms with E-state index in [1.165, 1.54) is 0 Å². The minimum Gasteiger partial charge on any atom is -0.382 e. The Morgan fingerprint density at radius 3 is 2.95 bits per heavy atom. The highest BCUT2D eigenvalue weighted by molar-refractivity contribution is 5.82. The molecule has 1 aromatic heterocycles. The van der Waals surface area contributed by atoms with Gasteiger partial charge in [0.15, 0.2) is 0 Å². The molecule has 1 saturated heterocycles. The number of hydrogen-bond acceptors (Lipinski definition) is 4. The molecule has 0 bridgehead atoms. The lowest BCUT2D eigenvalue weighted by Crippen LogP contribution is -2.53. The van der Waals surface area contributed by atoms with Crippen LogP contribution in [0.4, 0.5) is 0 Å². The maximum absolute atomic E-state index is 12.7. The molecule has 1 atom stereocenters. The number of aromatic nitrogens is 1. The van der Waals surface area contributed by atoms with E-state index in [4.69, 9.17) is 4.74 Å². The van der Waals surface area contributed by atoms with Crippen LogP contribution in [-0.2, 0) is 20.7 Å². The second kappa shape index (κ2) is 7.35. The third kappa shape index (κ3) is 3.62. The van der Waals surface area contributed by atoms with Crippen LogP contribution >= 0.6 is 0 Å². The summed E-state index contributed by atoms with van der Waals surface area (Å²) in [5.41, 5.74) is 0.347. The number of carbonyl (C=O) groups is 2. The molecule has 2 amide bonds. The number of pyridine rings is 1. The lowest BCUT2D eigenvalue weighted by molar-refractivity contribution is -0.139. The van der Waals surface area contributed by atoms with Gasteiger partial charge < -0.3 is 15.0 Å². The van der Waals surface area contributed by atoms with Crippen LogP contribution in [0.1, 0.15) is 24.8 Å². The third-order valence-electron chi connectivity index (χ3n) is 4.16. The zero-order valence-corrected chi connectivity index (χ0v) is 13.2. The summed E-state index contributed by atoms with van der Waals surface area (Å²) in [4.78, 5) is 30.4. The van der Waals surface area contributed by atoms with Crippen LogP contribution in [0.25, 0.3) is 0 Å². The van der Waals surface area contributed by atoms with Crippen molar-refractivity contribution >= 4 is 11.8 Å². The molecule has 6 heteroatoms. The fourth-order valence-corrected chi connectivity index (χ4v) is 3.14. The van der Waals surface area contributed by atoms with Gasteiger partial charge in [0.05, 0.1) is 25.0 Å². The van der Waals surface area contributed by atoms with Gasteiger partial charge in [0.1, 0.15) is 0 Å². The molecular weight excluding hydrogens is 282 g/mol. The monoisotopic (exact) mass is 305 g/mol. The summed E-state index contributed by atoms with van der Waals surface area (Å²) in [5, 5.41) is 2.64. The van der Waals surface area contributed by atoms with E-state index in [-0.39, 0.29) is 18.2 Å². The second-order valence-corrected chi connectivity index (χ2v) is 5.69. The van der Waals surface area contributed by atoms with Gasteiger partial charge in [0, 0.05) is 33.1 Å². The lowest BCUT2D eigenvalue weighted by atomic mass is 9.91. The molecule has 0 unspecified atom stereocenters. The first-order valence-electron chi connectivity index (χ1n) is 7.50. The zero-order chi connectivity index (χ0) is 16.0. The van der Waals surface area contributed by atoms with Crippen molar-refractivity contribution in [2.45, 2.75) is 31.2 Å². The average Bonchev–Trinajstić information content (AvgIpc) is 2.92. The molecule has 0 radical (unpaired) electrons. The number of carbonyl (C=O) groups excluding carboxylic acids is 2. The Hall–Kier alpha value is -1.95. The largest absolute Gasteiger partial charge is 0.382 e. The van der Waals surface area contributed by atoms with Crippen LogP contribution in [0, 0.1) is 0 Å². The molecule has 1 aliphatic rings. The molecular formula is C16H23N3O3. The first kappa shape index (κ1) is 16.4. The number of ether oxygens (including phenoxy) is 1. The molecule has 22 heavy (non-hydrogen) atoms. The Morgan fingerprint density at radius 1 is 1.50 bits per heavy atom. The Kier molecular flexibility index (Phi) is 5.49. The first-order valence-corrected chi connectivity index (χ1v) is 7.50. The minimum atomic E-state index is -0.534. The lowest BCUT2D eigenvalue weighted by Gasteiger charge is -2.37. The van der Waals surface area contributed by atoms with E-state index < -0.39 is 5.54 Å². The topological polar surface area (TPSA) is 71.5 Å². The van der Waals surface area contributed by atoms with Gasteiger partial charge in [0.25, 0.3) is 0 Å². The Balaban J connectivity index is 2.15. The molecule has 0 aliphatic carbocycles. The fourth-order valence-electron chi connectivity index (χ4n) is 3.14. The summed E-state index contributed by atoms with van der Waals surface area (Å²) in [5.74, 6) is -0.0513. The highest BCUT2D eigenvalue weighted by Crippen LogP contribution is 2.33. The van der Waals surface area contributed by atoms with Gasteiger partial charge in [-0.2, -0.15) is 0 Å². The smallest absolute Gasteiger partial charge is 0.227 e. The van der Waals surface area contributed by atoms with Crippen molar-refractivity contribution in [3.05, 3.63) is 30.1 Å². The molecule has 120 valence electrons.